The van der Waals surface area contributed by atoms with E-state index in [2.05, 4.69) is 24.9 Å². The van der Waals surface area contributed by atoms with Crippen molar-refractivity contribution in [3.63, 3.8) is 0 Å². The van der Waals surface area contributed by atoms with Gasteiger partial charge in [-0.05, 0) is 57.6 Å². The SMILES string of the molecule is O=C(O)c1[nH]nnc1OC(Cc1ccc(-c2ccc(OC(F)(F)F)cc2)cc1)Cc1ccc(-c2ccc(OC(F)(F)F)cc2)cc1. The number of hydrogen-bond acceptors (Lipinski definition) is 6. The van der Waals surface area contributed by atoms with Gasteiger partial charge in [-0.25, -0.2) is 9.89 Å². The zero-order valence-electron chi connectivity index (χ0n) is 23.5. The Morgan fingerprint density at radius 3 is 1.37 bits per heavy atom. The second kappa shape index (κ2) is 13.2. The van der Waals surface area contributed by atoms with E-state index < -0.39 is 24.8 Å². The summed E-state index contributed by atoms with van der Waals surface area (Å²) in [5.74, 6) is -2.15. The van der Waals surface area contributed by atoms with Gasteiger partial charge in [-0.1, -0.05) is 83.1 Å². The maximum absolute atomic E-state index is 12.5. The smallest absolute Gasteiger partial charge is 0.476 e. The van der Waals surface area contributed by atoms with Gasteiger partial charge in [0.25, 0.3) is 5.88 Å². The zero-order valence-corrected chi connectivity index (χ0v) is 23.5. The number of halogens is 6. The van der Waals surface area contributed by atoms with Gasteiger partial charge in [0, 0.05) is 12.8 Å². The normalized spacial score (nSPS) is 11.8. The van der Waals surface area contributed by atoms with E-state index in [4.69, 9.17) is 4.74 Å². The van der Waals surface area contributed by atoms with E-state index in [0.29, 0.717) is 24.0 Å². The summed E-state index contributed by atoms with van der Waals surface area (Å²) in [7, 11) is 0. The number of rotatable bonds is 11. The molecule has 5 rings (SSSR count). The molecule has 0 saturated carbocycles. The van der Waals surface area contributed by atoms with Crippen LogP contribution in [0.5, 0.6) is 17.4 Å². The van der Waals surface area contributed by atoms with E-state index in [1.54, 1.807) is 24.3 Å². The van der Waals surface area contributed by atoms with Crippen LogP contribution in [0.4, 0.5) is 26.3 Å². The lowest BCUT2D eigenvalue weighted by Gasteiger charge is -2.19. The molecule has 0 aliphatic heterocycles. The molecule has 4 aromatic carbocycles. The highest BCUT2D eigenvalue weighted by Gasteiger charge is 2.31. The molecule has 0 radical (unpaired) electrons. The zero-order chi connectivity index (χ0) is 32.9. The first-order valence-corrected chi connectivity index (χ1v) is 13.5. The van der Waals surface area contributed by atoms with Gasteiger partial charge >= 0.3 is 18.7 Å². The molecule has 14 heteroatoms. The van der Waals surface area contributed by atoms with Crippen LogP contribution >= 0.6 is 0 Å². The van der Waals surface area contributed by atoms with Gasteiger partial charge in [-0.15, -0.1) is 26.3 Å². The van der Waals surface area contributed by atoms with Crippen molar-refractivity contribution in [1.29, 1.82) is 0 Å². The van der Waals surface area contributed by atoms with Crippen molar-refractivity contribution in [2.75, 3.05) is 0 Å². The van der Waals surface area contributed by atoms with Gasteiger partial charge < -0.3 is 19.3 Å². The fourth-order valence-corrected chi connectivity index (χ4v) is 4.64. The van der Waals surface area contributed by atoms with Crippen molar-refractivity contribution in [2.45, 2.75) is 31.7 Å². The first-order chi connectivity index (χ1) is 21.8. The molecular formula is C32H23F6N3O5. The van der Waals surface area contributed by atoms with Crippen LogP contribution in [0.25, 0.3) is 22.3 Å². The van der Waals surface area contributed by atoms with E-state index in [0.717, 1.165) is 22.3 Å². The number of ether oxygens (including phenoxy) is 3. The van der Waals surface area contributed by atoms with E-state index in [-0.39, 0.29) is 23.1 Å². The number of alkyl halides is 6. The number of carbonyl (C=O) groups is 1. The lowest BCUT2D eigenvalue weighted by molar-refractivity contribution is -0.275. The monoisotopic (exact) mass is 643 g/mol. The average molecular weight is 644 g/mol. The molecule has 46 heavy (non-hydrogen) atoms. The number of hydrogen-bond donors (Lipinski definition) is 2. The standard InChI is InChI=1S/C32H23F6N3O5/c33-31(34,35)45-25-13-9-23(10-14-25)21-5-1-19(2-6-21)17-27(44-29-28(30(42)43)39-41-40-29)18-20-3-7-22(8-4-20)24-11-15-26(16-12-24)46-32(36,37)38/h1-16,27H,17-18H2,(H,42,43)(H,39,40,41). The minimum absolute atomic E-state index is 0.187. The van der Waals surface area contributed by atoms with E-state index >= 15 is 0 Å². The Kier molecular flexibility index (Phi) is 9.16. The van der Waals surface area contributed by atoms with Crippen LogP contribution < -0.4 is 14.2 Å². The summed E-state index contributed by atoms with van der Waals surface area (Å²) in [6, 6.07) is 25.4. The van der Waals surface area contributed by atoms with Gasteiger partial charge in [-0.3, -0.25) is 0 Å². The highest BCUT2D eigenvalue weighted by atomic mass is 19.4. The van der Waals surface area contributed by atoms with Gasteiger partial charge in [0.2, 0.25) is 5.69 Å². The Bertz CT molecular complexity index is 1650. The number of aromatic amines is 1. The van der Waals surface area contributed by atoms with E-state index in [1.807, 2.05) is 24.3 Å². The highest BCUT2D eigenvalue weighted by Crippen LogP contribution is 2.29. The highest BCUT2D eigenvalue weighted by molar-refractivity contribution is 5.87. The van der Waals surface area contributed by atoms with Crippen molar-refractivity contribution in [1.82, 2.24) is 15.4 Å². The topological polar surface area (TPSA) is 107 Å². The largest absolute Gasteiger partial charge is 0.573 e. The summed E-state index contributed by atoms with van der Waals surface area (Å²) < 4.78 is 88.6. The molecule has 0 atom stereocenters. The third-order valence-electron chi connectivity index (χ3n) is 6.69. The van der Waals surface area contributed by atoms with Crippen molar-refractivity contribution >= 4 is 5.97 Å². The number of aromatic carboxylic acids is 1. The molecule has 0 unspecified atom stereocenters. The molecule has 1 heterocycles. The molecule has 2 N–H and O–H groups in total. The number of carboxylic acids is 1. The number of nitrogens with zero attached hydrogens (tertiary/aromatic N) is 2. The molecule has 0 bridgehead atoms. The fourth-order valence-electron chi connectivity index (χ4n) is 4.64. The lowest BCUT2D eigenvalue weighted by Crippen LogP contribution is -2.23. The Morgan fingerprint density at radius 1 is 0.652 bits per heavy atom. The Morgan fingerprint density at radius 2 is 1.02 bits per heavy atom. The Balaban J connectivity index is 1.31. The maximum Gasteiger partial charge on any atom is 0.573 e. The second-order valence-corrected chi connectivity index (χ2v) is 9.98. The number of H-pyrrole nitrogens is 1. The quantitative estimate of drug-likeness (QED) is 0.141. The molecule has 0 aliphatic rings. The van der Waals surface area contributed by atoms with Gasteiger partial charge in [0.1, 0.15) is 17.6 Å². The van der Waals surface area contributed by atoms with Crippen molar-refractivity contribution in [2.24, 2.45) is 0 Å². The molecule has 0 amide bonds. The van der Waals surface area contributed by atoms with Crippen LogP contribution in [-0.4, -0.2) is 45.3 Å². The van der Waals surface area contributed by atoms with Crippen LogP contribution in [0.15, 0.2) is 97.1 Å². The van der Waals surface area contributed by atoms with Crippen molar-refractivity contribution in [3.05, 3.63) is 114 Å². The van der Waals surface area contributed by atoms with Gasteiger partial charge in [0.05, 0.1) is 0 Å². The van der Waals surface area contributed by atoms with Crippen LogP contribution in [0.3, 0.4) is 0 Å². The number of carboxylic acid groups (broad SMARTS) is 1. The molecular weight excluding hydrogens is 620 g/mol. The fraction of sp³-hybridized carbons (Fsp3) is 0.156. The Labute approximate surface area is 257 Å². The van der Waals surface area contributed by atoms with E-state index in [1.165, 1.54) is 48.5 Å². The molecule has 238 valence electrons. The summed E-state index contributed by atoms with van der Waals surface area (Å²) in [4.78, 5) is 11.6. The molecule has 0 spiro atoms. The molecule has 5 aromatic rings. The summed E-state index contributed by atoms with van der Waals surface area (Å²) in [5.41, 5.74) is 4.17. The van der Waals surface area contributed by atoms with Crippen LogP contribution in [0.1, 0.15) is 21.6 Å². The maximum atomic E-state index is 12.5. The minimum Gasteiger partial charge on any atom is -0.476 e. The summed E-state index contributed by atoms with van der Waals surface area (Å²) >= 11 is 0. The summed E-state index contributed by atoms with van der Waals surface area (Å²) in [6.45, 7) is 0. The van der Waals surface area contributed by atoms with Crippen molar-refractivity contribution < 1.29 is 50.5 Å². The third-order valence-corrected chi connectivity index (χ3v) is 6.69. The van der Waals surface area contributed by atoms with Crippen LogP contribution in [0.2, 0.25) is 0 Å². The average Bonchev–Trinajstić information content (AvgIpc) is 3.46. The van der Waals surface area contributed by atoms with Gasteiger partial charge in [0.15, 0.2) is 0 Å². The number of benzene rings is 4. The molecule has 8 nitrogen and oxygen atoms in total. The third kappa shape index (κ3) is 8.77. The molecule has 0 aliphatic carbocycles. The molecule has 1 aromatic heterocycles. The van der Waals surface area contributed by atoms with E-state index in [9.17, 15) is 36.2 Å². The summed E-state index contributed by atoms with van der Waals surface area (Å²) in [6.07, 6.45) is -9.52. The minimum atomic E-state index is -4.79. The predicted octanol–water partition coefficient (Wildman–Crippen LogP) is 7.87. The Hall–Kier alpha value is -5.53. The van der Waals surface area contributed by atoms with Gasteiger partial charge in [-0.2, -0.15) is 0 Å². The molecule has 0 fully saturated rings. The first kappa shape index (κ1) is 31.9. The first-order valence-electron chi connectivity index (χ1n) is 13.5. The van der Waals surface area contributed by atoms with Crippen LogP contribution in [-0.2, 0) is 12.8 Å². The number of aromatic nitrogens is 3. The predicted molar refractivity (Wildman–Crippen MR) is 152 cm³/mol. The van der Waals surface area contributed by atoms with Crippen molar-refractivity contribution in [3.8, 4) is 39.6 Å². The van der Waals surface area contributed by atoms with Crippen LogP contribution in [0, 0.1) is 0 Å². The summed E-state index contributed by atoms with van der Waals surface area (Å²) in [5, 5.41) is 19.0. The number of nitrogens with one attached hydrogen (secondary N) is 1. The second-order valence-electron chi connectivity index (χ2n) is 9.98. The lowest BCUT2D eigenvalue weighted by atomic mass is 9.97. The molecule has 0 saturated heterocycles.